The minimum atomic E-state index is -0.167. The Balaban J connectivity index is 0.000000660. The number of methoxy groups -OCH3 is 1. The Morgan fingerprint density at radius 1 is 1.28 bits per heavy atom. The Labute approximate surface area is 138 Å². The fourth-order valence-electron chi connectivity index (χ4n) is 2.99. The topological polar surface area (TPSA) is 35.5 Å². The normalized spacial score (nSPS) is 32.6. The van der Waals surface area contributed by atoms with Crippen LogP contribution < -0.4 is 0 Å². The van der Waals surface area contributed by atoms with Gasteiger partial charge in [-0.2, -0.15) is 0 Å². The number of fused-ring (bicyclic) bond motifs is 3. The summed E-state index contributed by atoms with van der Waals surface area (Å²) in [5, 5.41) is 0. The third-order valence-corrected chi connectivity index (χ3v) is 4.28. The number of esters is 1. The van der Waals surface area contributed by atoms with E-state index < -0.39 is 0 Å². The van der Waals surface area contributed by atoms with E-state index in [4.69, 9.17) is 11.3 Å². The van der Waals surface area contributed by atoms with Crippen molar-refractivity contribution >= 4 is 15.4 Å². The molecule has 3 nitrogen and oxygen atoms in total. The van der Waals surface area contributed by atoms with Crippen LogP contribution in [-0.4, -0.2) is 13.1 Å². The van der Waals surface area contributed by atoms with Crippen LogP contribution in [0.1, 0.15) is 38.5 Å². The van der Waals surface area contributed by atoms with Gasteiger partial charge >= 0.3 is 5.97 Å². The second-order valence-electron chi connectivity index (χ2n) is 4.97. The van der Waals surface area contributed by atoms with Gasteiger partial charge in [0.05, 0.1) is 12.5 Å². The summed E-state index contributed by atoms with van der Waals surface area (Å²) in [6.45, 7) is 5.68. The van der Waals surface area contributed by atoms with Crippen LogP contribution in [0, 0.1) is 24.5 Å². The Kier molecular flexibility index (Phi) is 8.41. The van der Waals surface area contributed by atoms with Gasteiger partial charge in [-0.1, -0.05) is 0 Å². The average molecular weight is 345 g/mol. The van der Waals surface area contributed by atoms with Crippen molar-refractivity contribution in [2.45, 2.75) is 38.5 Å². The van der Waals surface area contributed by atoms with E-state index in [-0.39, 0.29) is 49.5 Å². The maximum Gasteiger partial charge on any atom is 0.311 e. The molecule has 2 bridgehead atoms. The molecule has 0 aromatic rings. The molecule has 0 aromatic heterocycles. The summed E-state index contributed by atoms with van der Waals surface area (Å²) >= 11 is 0. The van der Waals surface area contributed by atoms with E-state index in [1.807, 2.05) is 15.5 Å². The van der Waals surface area contributed by atoms with Crippen molar-refractivity contribution in [3.05, 3.63) is 19.8 Å². The van der Waals surface area contributed by atoms with Crippen LogP contribution in [-0.2, 0) is 46.8 Å². The fourth-order valence-corrected chi connectivity index (χ4v) is 2.99. The van der Waals surface area contributed by atoms with E-state index in [1.54, 1.807) is 0 Å². The number of rotatable bonds is 2. The molecule has 101 valence electrons. The Morgan fingerprint density at radius 2 is 1.67 bits per heavy atom. The van der Waals surface area contributed by atoms with Gasteiger partial charge in [0.1, 0.15) is 0 Å². The number of carbonyl (C=O) groups is 1. The summed E-state index contributed by atoms with van der Waals surface area (Å²) < 4.78 is 8.81. The summed E-state index contributed by atoms with van der Waals surface area (Å²) in [5.41, 5.74) is 0.0648. The minimum Gasteiger partial charge on any atom is -0.539 e. The number of carbonyl (C=O) groups excluding carboxylic acids is 1. The first-order valence-corrected chi connectivity index (χ1v) is 6.31. The third-order valence-electron chi connectivity index (χ3n) is 4.28. The molecular weight excluding hydrogens is 324 g/mol. The van der Waals surface area contributed by atoms with Gasteiger partial charge < -0.3 is 15.8 Å². The number of ether oxygens (including phenoxy) is 1. The smallest absolute Gasteiger partial charge is 0.311 e. The van der Waals surface area contributed by atoms with Gasteiger partial charge in [-0.05, 0) is 53.4 Å². The molecule has 0 heterocycles. The first-order chi connectivity index (χ1) is 8.08. The zero-order valence-electron chi connectivity index (χ0n) is 11.0. The van der Waals surface area contributed by atoms with Gasteiger partial charge in [-0.15, -0.1) is 0 Å². The number of allylic oxidation sites excluding steroid dienone is 1. The molecule has 0 spiro atoms. The predicted molar refractivity (Wildman–Crippen MR) is 69.6 cm³/mol. The zero-order chi connectivity index (χ0) is 12.9. The Hall–Kier alpha value is 0.704. The van der Waals surface area contributed by atoms with E-state index in [2.05, 4.69) is 11.6 Å². The quantitative estimate of drug-likeness (QED) is 0.438. The molecule has 0 N–H and O–H groups in total. The first-order valence-electron chi connectivity index (χ1n) is 5.83. The average Bonchev–Trinajstić information content (AvgIpc) is 2.41. The Morgan fingerprint density at radius 3 is 1.94 bits per heavy atom. The molecule has 1 atom stereocenters. The summed E-state index contributed by atoms with van der Waals surface area (Å²) in [6, 6.07) is 0. The number of hydrogen-bond donors (Lipinski definition) is 0. The third kappa shape index (κ3) is 3.85. The van der Waals surface area contributed by atoms with E-state index in [0.717, 1.165) is 38.5 Å². The monoisotopic (exact) mass is 345 g/mol. The van der Waals surface area contributed by atoms with Gasteiger partial charge in [0, 0.05) is 32.7 Å². The second kappa shape index (κ2) is 8.09. The van der Waals surface area contributed by atoms with Crippen molar-refractivity contribution in [3.63, 3.8) is 0 Å². The maximum absolute atomic E-state index is 11.7. The van der Waals surface area contributed by atoms with Crippen LogP contribution in [0.2, 0.25) is 0 Å². The molecular formula is C13H21O3PY-2. The summed E-state index contributed by atoms with van der Waals surface area (Å²) in [4.78, 5) is 11.7. The first kappa shape index (κ1) is 18.7. The van der Waals surface area contributed by atoms with Crippen LogP contribution in [0.5, 0.6) is 0 Å². The molecule has 0 aromatic carbocycles. The summed E-state index contributed by atoms with van der Waals surface area (Å²) in [5.74, 6) is -0.0113. The van der Waals surface area contributed by atoms with Gasteiger partial charge in [0.2, 0.25) is 0 Å². The Bertz CT molecular complexity index is 269. The van der Waals surface area contributed by atoms with Crippen LogP contribution >= 0.6 is 9.47 Å². The van der Waals surface area contributed by atoms with Gasteiger partial charge in [0.15, 0.2) is 0 Å². The molecule has 1 unspecified atom stereocenters. The van der Waals surface area contributed by atoms with Crippen LogP contribution in [0.4, 0.5) is 0 Å². The van der Waals surface area contributed by atoms with Crippen molar-refractivity contribution in [2.75, 3.05) is 7.11 Å². The van der Waals surface area contributed by atoms with E-state index in [0.29, 0.717) is 0 Å². The van der Waals surface area contributed by atoms with E-state index in [1.165, 1.54) is 7.11 Å². The summed E-state index contributed by atoms with van der Waals surface area (Å²) in [6.07, 6.45) is 7.87. The molecule has 0 saturated heterocycles. The minimum absolute atomic E-state index is 0. The van der Waals surface area contributed by atoms with Gasteiger partial charge in [-0.3, -0.25) is 10.9 Å². The molecule has 18 heavy (non-hydrogen) atoms. The van der Waals surface area contributed by atoms with Crippen LogP contribution in [0.25, 0.3) is 0 Å². The van der Waals surface area contributed by atoms with Crippen molar-refractivity contribution in [3.8, 4) is 0 Å². The molecule has 3 aliphatic carbocycles. The standard InChI is InChI=1S/C12H17O2.CH4OP.Y/c1-3-11-4-7-12(8-5-11,9-6-11)10(13)14-2;1-2-3;/h1,3H,4-9H2,2H3;1,3H2;/q2*-1;. The van der Waals surface area contributed by atoms with Crippen LogP contribution in [0.15, 0.2) is 6.08 Å². The fraction of sp³-hybridized carbons (Fsp3) is 0.692. The maximum atomic E-state index is 11.7. The molecule has 5 heteroatoms. The van der Waals surface area contributed by atoms with Crippen LogP contribution in [0.3, 0.4) is 0 Å². The molecule has 0 aliphatic heterocycles. The molecule has 3 rings (SSSR count). The SMILES string of the molecule is [CH-]=CC12CCC(C(=O)OC)(CC1)CC2.[CH2-]OP.[Y]. The molecule has 3 aliphatic rings. The molecule has 3 fully saturated rings. The largest absolute Gasteiger partial charge is 0.539 e. The van der Waals surface area contributed by atoms with Crippen molar-refractivity contribution in [2.24, 2.45) is 10.8 Å². The van der Waals surface area contributed by atoms with Gasteiger partial charge in [0.25, 0.3) is 0 Å². The summed E-state index contributed by atoms with van der Waals surface area (Å²) in [7, 11) is 6.41. The number of hydrogen-bond acceptors (Lipinski definition) is 3. The molecule has 3 saturated carbocycles. The van der Waals surface area contributed by atoms with Crippen molar-refractivity contribution < 1.29 is 46.8 Å². The van der Waals surface area contributed by atoms with Crippen molar-refractivity contribution in [1.82, 2.24) is 0 Å². The van der Waals surface area contributed by atoms with E-state index >= 15 is 0 Å². The predicted octanol–water partition coefficient (Wildman–Crippen LogP) is 3.07. The van der Waals surface area contributed by atoms with Crippen molar-refractivity contribution in [1.29, 1.82) is 0 Å². The zero-order valence-corrected chi connectivity index (χ0v) is 15.0. The molecule has 1 radical (unpaired) electrons. The second-order valence-corrected chi connectivity index (χ2v) is 5.30. The van der Waals surface area contributed by atoms with Gasteiger partial charge in [-0.25, -0.2) is 7.11 Å². The molecule has 0 amide bonds. The van der Waals surface area contributed by atoms with E-state index in [9.17, 15) is 4.79 Å².